The molecule has 18 heavy (non-hydrogen) atoms. The smallest absolute Gasteiger partial charge is 0.335 e. The maximum absolute atomic E-state index is 10.9. The number of carboxylic acids is 1. The Morgan fingerprint density at radius 1 is 1.50 bits per heavy atom. The van der Waals surface area contributed by atoms with E-state index in [0.717, 1.165) is 5.39 Å². The first-order valence-corrected chi connectivity index (χ1v) is 5.47. The number of aliphatic hydroxyl groups excluding tert-OH is 1. The van der Waals surface area contributed by atoms with Crippen molar-refractivity contribution in [1.82, 2.24) is 9.97 Å². The van der Waals surface area contributed by atoms with Gasteiger partial charge in [-0.15, -0.1) is 0 Å². The van der Waals surface area contributed by atoms with Gasteiger partial charge >= 0.3 is 5.97 Å². The predicted molar refractivity (Wildman–Crippen MR) is 66.7 cm³/mol. The van der Waals surface area contributed by atoms with E-state index in [4.69, 9.17) is 10.2 Å². The molecule has 1 unspecified atom stereocenters. The molecule has 1 atom stereocenters. The normalized spacial score (nSPS) is 12.3. The van der Waals surface area contributed by atoms with Crippen LogP contribution in [0.2, 0.25) is 0 Å². The molecular weight excluding hydrogens is 234 g/mol. The molecule has 0 aliphatic heterocycles. The van der Waals surface area contributed by atoms with Gasteiger partial charge in [0, 0.05) is 17.6 Å². The number of aromatic nitrogens is 2. The zero-order valence-electron chi connectivity index (χ0n) is 9.79. The van der Waals surface area contributed by atoms with E-state index in [1.54, 1.807) is 19.2 Å². The summed E-state index contributed by atoms with van der Waals surface area (Å²) < 4.78 is 0. The van der Waals surface area contributed by atoms with Crippen LogP contribution in [0.4, 0.5) is 5.95 Å². The van der Waals surface area contributed by atoms with E-state index in [-0.39, 0.29) is 18.2 Å². The molecule has 0 amide bonds. The lowest BCUT2D eigenvalue weighted by Crippen LogP contribution is -2.20. The largest absolute Gasteiger partial charge is 0.478 e. The van der Waals surface area contributed by atoms with E-state index in [9.17, 15) is 4.79 Å². The Labute approximate surface area is 103 Å². The van der Waals surface area contributed by atoms with E-state index in [1.807, 2.05) is 0 Å². The SMILES string of the molecule is CC(CO)Nc1ncc2ccc(C(=O)O)cc2n1. The Balaban J connectivity index is 2.39. The van der Waals surface area contributed by atoms with Crippen LogP contribution in [0.15, 0.2) is 24.4 Å². The molecule has 0 bridgehead atoms. The quantitative estimate of drug-likeness (QED) is 0.749. The summed E-state index contributed by atoms with van der Waals surface area (Å²) in [6.45, 7) is 1.76. The van der Waals surface area contributed by atoms with Gasteiger partial charge in [0.2, 0.25) is 5.95 Å². The average Bonchev–Trinajstić information content (AvgIpc) is 2.37. The molecule has 2 aromatic rings. The van der Waals surface area contributed by atoms with Gasteiger partial charge < -0.3 is 15.5 Å². The van der Waals surface area contributed by atoms with Gasteiger partial charge in [0.25, 0.3) is 0 Å². The lowest BCUT2D eigenvalue weighted by Gasteiger charge is -2.10. The van der Waals surface area contributed by atoms with Gasteiger partial charge in [-0.05, 0) is 19.1 Å². The number of aliphatic hydroxyl groups is 1. The molecule has 2 rings (SSSR count). The highest BCUT2D eigenvalue weighted by Crippen LogP contribution is 2.15. The van der Waals surface area contributed by atoms with Crippen molar-refractivity contribution in [1.29, 1.82) is 0 Å². The first kappa shape index (κ1) is 12.3. The summed E-state index contributed by atoms with van der Waals surface area (Å²) >= 11 is 0. The molecule has 1 aromatic heterocycles. The van der Waals surface area contributed by atoms with Crippen molar-refractivity contribution in [3.8, 4) is 0 Å². The summed E-state index contributed by atoms with van der Waals surface area (Å²) in [6.07, 6.45) is 1.61. The van der Waals surface area contributed by atoms with E-state index >= 15 is 0 Å². The van der Waals surface area contributed by atoms with Crippen LogP contribution in [0.3, 0.4) is 0 Å². The van der Waals surface area contributed by atoms with Gasteiger partial charge in [-0.3, -0.25) is 0 Å². The third kappa shape index (κ3) is 2.54. The van der Waals surface area contributed by atoms with Crippen molar-refractivity contribution in [2.45, 2.75) is 13.0 Å². The average molecular weight is 247 g/mol. The summed E-state index contributed by atoms with van der Waals surface area (Å²) in [5, 5.41) is 21.5. The second kappa shape index (κ2) is 4.97. The number of benzene rings is 1. The van der Waals surface area contributed by atoms with Crippen LogP contribution >= 0.6 is 0 Å². The predicted octanol–water partition coefficient (Wildman–Crippen LogP) is 1.12. The summed E-state index contributed by atoms with van der Waals surface area (Å²) in [7, 11) is 0. The van der Waals surface area contributed by atoms with Crippen LogP contribution in [-0.2, 0) is 0 Å². The number of nitrogens with zero attached hydrogens (tertiary/aromatic N) is 2. The van der Waals surface area contributed by atoms with Crippen molar-refractivity contribution >= 4 is 22.8 Å². The number of nitrogens with one attached hydrogen (secondary N) is 1. The monoisotopic (exact) mass is 247 g/mol. The highest BCUT2D eigenvalue weighted by Gasteiger charge is 2.07. The molecule has 94 valence electrons. The molecule has 1 aromatic carbocycles. The highest BCUT2D eigenvalue weighted by molar-refractivity contribution is 5.93. The minimum atomic E-state index is -0.992. The Morgan fingerprint density at radius 3 is 2.94 bits per heavy atom. The van der Waals surface area contributed by atoms with Crippen molar-refractivity contribution in [2.75, 3.05) is 11.9 Å². The number of hydrogen-bond donors (Lipinski definition) is 3. The van der Waals surface area contributed by atoms with Gasteiger partial charge in [-0.2, -0.15) is 0 Å². The molecule has 0 fully saturated rings. The van der Waals surface area contributed by atoms with E-state index in [2.05, 4.69) is 15.3 Å². The Kier molecular flexibility index (Phi) is 3.38. The number of aromatic carboxylic acids is 1. The number of carboxylic acid groups (broad SMARTS) is 1. The number of carbonyl (C=O) groups is 1. The highest BCUT2D eigenvalue weighted by atomic mass is 16.4. The summed E-state index contributed by atoms with van der Waals surface area (Å²) in [5.41, 5.74) is 0.736. The molecular formula is C12H13N3O3. The molecule has 0 aliphatic rings. The second-order valence-corrected chi connectivity index (χ2v) is 4.00. The van der Waals surface area contributed by atoms with Crippen molar-refractivity contribution in [3.05, 3.63) is 30.0 Å². The third-order valence-corrected chi connectivity index (χ3v) is 2.48. The van der Waals surface area contributed by atoms with E-state index in [1.165, 1.54) is 12.1 Å². The second-order valence-electron chi connectivity index (χ2n) is 4.00. The van der Waals surface area contributed by atoms with Gasteiger partial charge in [0.15, 0.2) is 0 Å². The molecule has 0 saturated heterocycles. The van der Waals surface area contributed by atoms with Crippen molar-refractivity contribution in [2.24, 2.45) is 0 Å². The fourth-order valence-corrected chi connectivity index (χ4v) is 1.49. The molecule has 0 radical (unpaired) electrons. The lowest BCUT2D eigenvalue weighted by molar-refractivity contribution is 0.0697. The number of rotatable bonds is 4. The topological polar surface area (TPSA) is 95.3 Å². The van der Waals surface area contributed by atoms with E-state index < -0.39 is 5.97 Å². The van der Waals surface area contributed by atoms with Crippen LogP contribution in [0.1, 0.15) is 17.3 Å². The fourth-order valence-electron chi connectivity index (χ4n) is 1.49. The zero-order valence-corrected chi connectivity index (χ0v) is 9.79. The van der Waals surface area contributed by atoms with Crippen molar-refractivity contribution in [3.63, 3.8) is 0 Å². The maximum Gasteiger partial charge on any atom is 0.335 e. The van der Waals surface area contributed by atoms with Gasteiger partial charge in [0.05, 0.1) is 17.7 Å². The summed E-state index contributed by atoms with van der Waals surface area (Å²) in [6, 6.07) is 4.51. The van der Waals surface area contributed by atoms with Crippen molar-refractivity contribution < 1.29 is 15.0 Å². The Hall–Kier alpha value is -2.21. The molecule has 6 heteroatoms. The standard InChI is InChI=1S/C12H13N3O3/c1-7(6-16)14-12-13-5-9-3-2-8(11(17)18)4-10(9)15-12/h2-5,7,16H,6H2,1H3,(H,17,18)(H,13,14,15). The van der Waals surface area contributed by atoms with Crippen LogP contribution in [0.5, 0.6) is 0 Å². The maximum atomic E-state index is 10.9. The first-order chi connectivity index (χ1) is 8.60. The molecule has 3 N–H and O–H groups in total. The zero-order chi connectivity index (χ0) is 13.1. The molecule has 6 nitrogen and oxygen atoms in total. The minimum absolute atomic E-state index is 0.0312. The lowest BCUT2D eigenvalue weighted by atomic mass is 10.1. The molecule has 0 saturated carbocycles. The van der Waals surface area contributed by atoms with Crippen LogP contribution in [0.25, 0.3) is 10.9 Å². The molecule has 0 spiro atoms. The molecule has 1 heterocycles. The first-order valence-electron chi connectivity index (χ1n) is 5.47. The van der Waals surface area contributed by atoms with Crippen LogP contribution < -0.4 is 5.32 Å². The van der Waals surface area contributed by atoms with Crippen LogP contribution in [0, 0.1) is 0 Å². The fraction of sp³-hybridized carbons (Fsp3) is 0.250. The van der Waals surface area contributed by atoms with Gasteiger partial charge in [-0.25, -0.2) is 14.8 Å². The Morgan fingerprint density at radius 2 is 2.28 bits per heavy atom. The van der Waals surface area contributed by atoms with E-state index in [0.29, 0.717) is 11.5 Å². The van der Waals surface area contributed by atoms with Gasteiger partial charge in [0.1, 0.15) is 0 Å². The number of hydrogen-bond acceptors (Lipinski definition) is 5. The van der Waals surface area contributed by atoms with Gasteiger partial charge in [-0.1, -0.05) is 6.07 Å². The summed E-state index contributed by atoms with van der Waals surface area (Å²) in [4.78, 5) is 19.2. The third-order valence-electron chi connectivity index (χ3n) is 2.48. The number of fused-ring (bicyclic) bond motifs is 1. The number of anilines is 1. The minimum Gasteiger partial charge on any atom is -0.478 e. The summed E-state index contributed by atoms with van der Waals surface area (Å²) in [5.74, 6) is -0.625. The molecule has 0 aliphatic carbocycles. The Bertz CT molecular complexity index is 586. The van der Waals surface area contributed by atoms with Crippen LogP contribution in [-0.4, -0.2) is 38.8 Å².